The van der Waals surface area contributed by atoms with Crippen molar-refractivity contribution < 1.29 is 23.9 Å². The van der Waals surface area contributed by atoms with Gasteiger partial charge in [0, 0.05) is 46.6 Å². The standard InChI is InChI=1S/C30H32N4O5S/c1-6-38-28(36)25-17(3)31-18(4)26(29(37)39-7-2)27(25)21-9-8-10-23(15-21)33-30-34-24(16-40-30)20-11-13-22(14-12-20)32-19(5)35/h8-16,25,27H,6-7H2,1-5H3,(H,32,35)(H,33,34). The van der Waals surface area contributed by atoms with E-state index in [2.05, 4.69) is 15.6 Å². The van der Waals surface area contributed by atoms with Gasteiger partial charge in [-0.05, 0) is 57.5 Å². The summed E-state index contributed by atoms with van der Waals surface area (Å²) < 4.78 is 10.7. The molecule has 1 aliphatic heterocycles. The van der Waals surface area contributed by atoms with E-state index >= 15 is 0 Å². The van der Waals surface area contributed by atoms with Gasteiger partial charge in [-0.3, -0.25) is 14.6 Å². The number of carbonyl (C=O) groups excluding carboxylic acids is 3. The van der Waals surface area contributed by atoms with Crippen molar-refractivity contribution in [2.45, 2.75) is 40.5 Å². The van der Waals surface area contributed by atoms with E-state index in [0.717, 1.165) is 28.2 Å². The van der Waals surface area contributed by atoms with Crippen LogP contribution in [0.3, 0.4) is 0 Å². The summed E-state index contributed by atoms with van der Waals surface area (Å²) in [5, 5.41) is 8.73. The number of hydrogen-bond donors (Lipinski definition) is 2. The highest BCUT2D eigenvalue weighted by molar-refractivity contribution is 7.14. The van der Waals surface area contributed by atoms with E-state index < -0.39 is 23.8 Å². The maximum absolute atomic E-state index is 13.1. The van der Waals surface area contributed by atoms with Crippen LogP contribution in [0.5, 0.6) is 0 Å². The monoisotopic (exact) mass is 560 g/mol. The van der Waals surface area contributed by atoms with Gasteiger partial charge in [-0.15, -0.1) is 11.3 Å². The van der Waals surface area contributed by atoms with Crippen molar-refractivity contribution in [3.63, 3.8) is 0 Å². The van der Waals surface area contributed by atoms with Crippen LogP contribution in [0.4, 0.5) is 16.5 Å². The van der Waals surface area contributed by atoms with Gasteiger partial charge in [0.25, 0.3) is 0 Å². The van der Waals surface area contributed by atoms with Crippen molar-refractivity contribution >= 4 is 51.4 Å². The molecular formula is C30H32N4O5S. The van der Waals surface area contributed by atoms with Gasteiger partial charge < -0.3 is 20.1 Å². The molecule has 0 saturated carbocycles. The lowest BCUT2D eigenvalue weighted by Gasteiger charge is -2.31. The van der Waals surface area contributed by atoms with Crippen LogP contribution >= 0.6 is 11.3 Å². The molecule has 9 nitrogen and oxygen atoms in total. The van der Waals surface area contributed by atoms with Crippen LogP contribution in [0, 0.1) is 5.92 Å². The summed E-state index contributed by atoms with van der Waals surface area (Å²) >= 11 is 1.45. The summed E-state index contributed by atoms with van der Waals surface area (Å²) in [5.41, 5.74) is 5.39. The molecule has 2 aromatic carbocycles. The molecule has 2 unspecified atom stereocenters. The lowest BCUT2D eigenvalue weighted by atomic mass is 9.75. The second-order valence-corrected chi connectivity index (χ2v) is 10.1. The molecule has 2 heterocycles. The Hall–Kier alpha value is -4.31. The number of nitrogens with one attached hydrogen (secondary N) is 2. The van der Waals surface area contributed by atoms with Gasteiger partial charge in [0.1, 0.15) is 5.92 Å². The molecule has 2 atom stereocenters. The van der Waals surface area contributed by atoms with Gasteiger partial charge in [-0.25, -0.2) is 9.78 Å². The number of benzene rings is 2. The number of aliphatic imine (C=N–C) groups is 1. The van der Waals surface area contributed by atoms with Gasteiger partial charge in [0.2, 0.25) is 5.91 Å². The summed E-state index contributed by atoms with van der Waals surface area (Å²) in [6.45, 7) is 8.92. The molecule has 2 N–H and O–H groups in total. The third-order valence-corrected chi connectivity index (χ3v) is 7.12. The number of rotatable bonds is 9. The Kier molecular flexibility index (Phi) is 9.11. The molecule has 40 heavy (non-hydrogen) atoms. The maximum Gasteiger partial charge on any atom is 0.336 e. The normalized spacial score (nSPS) is 16.7. The van der Waals surface area contributed by atoms with E-state index in [9.17, 15) is 14.4 Å². The molecular weight excluding hydrogens is 528 g/mol. The molecule has 1 aromatic heterocycles. The van der Waals surface area contributed by atoms with Crippen molar-refractivity contribution in [3.8, 4) is 11.3 Å². The van der Waals surface area contributed by atoms with E-state index in [4.69, 9.17) is 14.5 Å². The van der Waals surface area contributed by atoms with Gasteiger partial charge in [-0.1, -0.05) is 24.3 Å². The van der Waals surface area contributed by atoms with E-state index in [0.29, 0.717) is 22.1 Å². The zero-order valence-electron chi connectivity index (χ0n) is 23.1. The van der Waals surface area contributed by atoms with Crippen LogP contribution in [-0.2, 0) is 23.9 Å². The Labute approximate surface area is 237 Å². The van der Waals surface area contributed by atoms with Crippen LogP contribution < -0.4 is 10.6 Å². The Morgan fingerprint density at radius 3 is 2.38 bits per heavy atom. The molecule has 3 aromatic rings. The maximum atomic E-state index is 13.1. The highest BCUT2D eigenvalue weighted by Crippen LogP contribution is 2.41. The fourth-order valence-electron chi connectivity index (χ4n) is 4.73. The summed E-state index contributed by atoms with van der Waals surface area (Å²) in [7, 11) is 0. The molecule has 1 aliphatic rings. The van der Waals surface area contributed by atoms with Gasteiger partial charge in [0.05, 0.1) is 24.5 Å². The van der Waals surface area contributed by atoms with Crippen LogP contribution in [0.2, 0.25) is 0 Å². The van der Waals surface area contributed by atoms with Gasteiger partial charge in [0.15, 0.2) is 5.13 Å². The van der Waals surface area contributed by atoms with Gasteiger partial charge in [-0.2, -0.15) is 0 Å². The summed E-state index contributed by atoms with van der Waals surface area (Å²) in [4.78, 5) is 46.7. The average molecular weight is 561 g/mol. The van der Waals surface area contributed by atoms with Crippen LogP contribution in [0.15, 0.2) is 70.2 Å². The highest BCUT2D eigenvalue weighted by atomic mass is 32.1. The third-order valence-electron chi connectivity index (χ3n) is 6.37. The number of allylic oxidation sites excluding steroid dienone is 1. The van der Waals surface area contributed by atoms with Crippen molar-refractivity contribution in [2.24, 2.45) is 10.9 Å². The minimum Gasteiger partial charge on any atom is -0.465 e. The molecule has 0 aliphatic carbocycles. The summed E-state index contributed by atoms with van der Waals surface area (Å²) in [5.74, 6) is -2.44. The topological polar surface area (TPSA) is 119 Å². The quantitative estimate of drug-likeness (QED) is 0.304. The van der Waals surface area contributed by atoms with Gasteiger partial charge >= 0.3 is 11.9 Å². The zero-order chi connectivity index (χ0) is 28.8. The first-order valence-electron chi connectivity index (χ1n) is 13.0. The minimum atomic E-state index is -0.759. The van der Waals surface area contributed by atoms with Crippen molar-refractivity contribution in [1.82, 2.24) is 4.98 Å². The number of aromatic nitrogens is 1. The Morgan fingerprint density at radius 1 is 0.975 bits per heavy atom. The first kappa shape index (κ1) is 28.7. The van der Waals surface area contributed by atoms with E-state index in [-0.39, 0.29) is 19.1 Å². The smallest absolute Gasteiger partial charge is 0.336 e. The summed E-state index contributed by atoms with van der Waals surface area (Å²) in [6, 6.07) is 15.0. The highest BCUT2D eigenvalue weighted by Gasteiger charge is 2.42. The predicted octanol–water partition coefficient (Wildman–Crippen LogP) is 6.09. The van der Waals surface area contributed by atoms with Crippen molar-refractivity contribution in [1.29, 1.82) is 0 Å². The second kappa shape index (κ2) is 12.7. The first-order valence-corrected chi connectivity index (χ1v) is 13.9. The SMILES string of the molecule is CCOC(=O)C1=C(C)N=C(C)C(C(=O)OCC)C1c1cccc(Nc2nc(-c3ccc(NC(C)=O)cc3)cs2)c1. The van der Waals surface area contributed by atoms with E-state index in [1.54, 1.807) is 27.7 Å². The second-order valence-electron chi connectivity index (χ2n) is 9.23. The molecule has 0 fully saturated rings. The zero-order valence-corrected chi connectivity index (χ0v) is 23.9. The first-order chi connectivity index (χ1) is 19.2. The van der Waals surface area contributed by atoms with Crippen LogP contribution in [0.25, 0.3) is 11.3 Å². The number of esters is 2. The number of thiazole rings is 1. The average Bonchev–Trinajstić information content (AvgIpc) is 3.37. The number of carbonyl (C=O) groups is 3. The lowest BCUT2D eigenvalue weighted by Crippen LogP contribution is -2.36. The molecule has 0 saturated heterocycles. The lowest BCUT2D eigenvalue weighted by molar-refractivity contribution is -0.146. The molecule has 208 valence electrons. The van der Waals surface area contributed by atoms with Crippen molar-refractivity contribution in [2.75, 3.05) is 23.8 Å². The molecule has 4 rings (SSSR count). The molecule has 0 spiro atoms. The fraction of sp³-hybridized carbons (Fsp3) is 0.300. The third kappa shape index (κ3) is 6.45. The fourth-order valence-corrected chi connectivity index (χ4v) is 5.47. The van der Waals surface area contributed by atoms with Crippen LogP contribution in [0.1, 0.15) is 46.1 Å². The number of nitrogens with zero attached hydrogens (tertiary/aromatic N) is 2. The largest absolute Gasteiger partial charge is 0.465 e. The molecule has 10 heteroatoms. The molecule has 0 radical (unpaired) electrons. The Morgan fingerprint density at radius 2 is 1.70 bits per heavy atom. The molecule has 1 amide bonds. The Balaban J connectivity index is 1.63. The van der Waals surface area contributed by atoms with Crippen molar-refractivity contribution in [3.05, 3.63) is 70.7 Å². The minimum absolute atomic E-state index is 0.126. The van der Waals surface area contributed by atoms with E-state index in [1.807, 2.05) is 53.9 Å². The predicted molar refractivity (Wildman–Crippen MR) is 157 cm³/mol. The molecule has 0 bridgehead atoms. The Bertz CT molecular complexity index is 1480. The number of ether oxygens (including phenoxy) is 2. The van der Waals surface area contributed by atoms with Crippen LogP contribution in [-0.4, -0.2) is 41.8 Å². The summed E-state index contributed by atoms with van der Waals surface area (Å²) in [6.07, 6.45) is 0. The van der Waals surface area contributed by atoms with E-state index in [1.165, 1.54) is 18.3 Å². The number of hydrogen-bond acceptors (Lipinski definition) is 9. The number of amides is 1. The number of anilines is 3.